The van der Waals surface area contributed by atoms with Crippen molar-refractivity contribution in [3.63, 3.8) is 0 Å². The third-order valence-corrected chi connectivity index (χ3v) is 6.94. The molecule has 0 atom stereocenters. The van der Waals surface area contributed by atoms with Gasteiger partial charge in [-0.2, -0.15) is 9.83 Å². The Kier molecular flexibility index (Phi) is 11.5. The van der Waals surface area contributed by atoms with Gasteiger partial charge in [-0.15, -0.1) is 0 Å². The lowest BCUT2D eigenvalue weighted by Gasteiger charge is -2.18. The number of hydrogen-bond donors (Lipinski definition) is 0. The summed E-state index contributed by atoms with van der Waals surface area (Å²) in [6.45, 7) is 5.94. The molecule has 212 valence electrons. The monoisotopic (exact) mass is 660 g/mol. The summed E-state index contributed by atoms with van der Waals surface area (Å²) in [6, 6.07) is 30.4. The molecule has 6 heteroatoms. The summed E-state index contributed by atoms with van der Waals surface area (Å²) in [5, 5.41) is 8.94. The van der Waals surface area contributed by atoms with Crippen molar-refractivity contribution in [2.24, 2.45) is 5.92 Å². The van der Waals surface area contributed by atoms with Crippen LogP contribution in [0, 0.1) is 23.1 Å². The Balaban J connectivity index is 0.00000462. The van der Waals surface area contributed by atoms with E-state index in [4.69, 9.17) is 5.26 Å². The Hall–Kier alpha value is -3.70. The fourth-order valence-corrected chi connectivity index (χ4v) is 4.70. The smallest absolute Gasteiger partial charge is 0.213 e. The van der Waals surface area contributed by atoms with Gasteiger partial charge >= 0.3 is 0 Å². The highest BCUT2D eigenvalue weighted by Gasteiger charge is 2.21. The van der Waals surface area contributed by atoms with E-state index in [9.17, 15) is 4.39 Å². The SMILES string of the molecule is CC(C)C[n+]1c(/C=C/c2ccc(N(C)C)cc2)cc(-c2ccc(N(C)CCC#N)cc2)cc1-c1ccc(F)cc1.[I-]. The van der Waals surface area contributed by atoms with E-state index in [0.29, 0.717) is 18.9 Å². The second-order valence-electron chi connectivity index (χ2n) is 10.8. The molecule has 0 aliphatic heterocycles. The summed E-state index contributed by atoms with van der Waals surface area (Å²) < 4.78 is 16.2. The molecule has 0 N–H and O–H groups in total. The largest absolute Gasteiger partial charge is 1.00 e. The number of pyridine rings is 1. The average molecular weight is 661 g/mol. The quantitative estimate of drug-likeness (QED) is 0.183. The fraction of sp³-hybridized carbons (Fsp3) is 0.257. The van der Waals surface area contributed by atoms with E-state index in [1.54, 1.807) is 0 Å². The molecule has 1 heterocycles. The van der Waals surface area contributed by atoms with E-state index in [0.717, 1.165) is 51.6 Å². The predicted molar refractivity (Wildman–Crippen MR) is 166 cm³/mol. The Morgan fingerprint density at radius 2 is 1.41 bits per heavy atom. The Morgan fingerprint density at radius 1 is 0.805 bits per heavy atom. The van der Waals surface area contributed by atoms with E-state index in [1.165, 1.54) is 12.1 Å². The number of anilines is 2. The number of hydrogen-bond acceptors (Lipinski definition) is 3. The zero-order chi connectivity index (χ0) is 28.6. The van der Waals surface area contributed by atoms with E-state index in [-0.39, 0.29) is 29.8 Å². The average Bonchev–Trinajstić information content (AvgIpc) is 2.95. The Labute approximate surface area is 261 Å². The van der Waals surface area contributed by atoms with Gasteiger partial charge in [-0.05, 0) is 71.3 Å². The number of halogens is 2. The maximum Gasteiger partial charge on any atom is 0.213 e. The van der Waals surface area contributed by atoms with Crippen LogP contribution < -0.4 is 38.3 Å². The summed E-state index contributed by atoms with van der Waals surface area (Å²) in [5.74, 6) is 0.178. The first kappa shape index (κ1) is 31.8. The second-order valence-corrected chi connectivity index (χ2v) is 10.8. The van der Waals surface area contributed by atoms with Crippen LogP contribution in [0.2, 0.25) is 0 Å². The lowest BCUT2D eigenvalue weighted by Crippen LogP contribution is -3.00. The molecule has 41 heavy (non-hydrogen) atoms. The zero-order valence-corrected chi connectivity index (χ0v) is 26.6. The highest BCUT2D eigenvalue weighted by molar-refractivity contribution is 5.75. The topological polar surface area (TPSA) is 34.1 Å². The highest BCUT2D eigenvalue weighted by atomic mass is 127. The summed E-state index contributed by atoms with van der Waals surface area (Å²) in [4.78, 5) is 4.18. The van der Waals surface area contributed by atoms with E-state index in [1.807, 2.05) is 33.3 Å². The molecule has 0 amide bonds. The van der Waals surface area contributed by atoms with Gasteiger partial charge in [0.1, 0.15) is 5.82 Å². The lowest BCUT2D eigenvalue weighted by atomic mass is 9.99. The third-order valence-electron chi connectivity index (χ3n) is 6.94. The maximum absolute atomic E-state index is 13.9. The third kappa shape index (κ3) is 8.40. The van der Waals surface area contributed by atoms with Crippen molar-refractivity contribution < 1.29 is 32.9 Å². The Morgan fingerprint density at radius 3 is 2.00 bits per heavy atom. The summed E-state index contributed by atoms with van der Waals surface area (Å²) >= 11 is 0. The molecule has 0 aliphatic carbocycles. The fourth-order valence-electron chi connectivity index (χ4n) is 4.70. The van der Waals surface area contributed by atoms with Crippen LogP contribution in [0.5, 0.6) is 0 Å². The van der Waals surface area contributed by atoms with Crippen molar-refractivity contribution in [3.05, 3.63) is 102 Å². The molecule has 3 aromatic carbocycles. The van der Waals surface area contributed by atoms with Gasteiger partial charge in [0, 0.05) is 68.8 Å². The number of rotatable bonds is 10. The molecular weight excluding hydrogens is 622 g/mol. The van der Waals surface area contributed by atoms with Crippen LogP contribution in [0.4, 0.5) is 15.8 Å². The van der Waals surface area contributed by atoms with Gasteiger partial charge in [0.15, 0.2) is 6.54 Å². The van der Waals surface area contributed by atoms with Crippen LogP contribution in [-0.4, -0.2) is 27.7 Å². The first-order chi connectivity index (χ1) is 19.2. The summed E-state index contributed by atoms with van der Waals surface area (Å²) in [5.41, 5.74) is 8.65. The van der Waals surface area contributed by atoms with E-state index >= 15 is 0 Å². The van der Waals surface area contributed by atoms with Gasteiger partial charge in [0.05, 0.1) is 12.5 Å². The van der Waals surface area contributed by atoms with Gasteiger partial charge < -0.3 is 33.8 Å². The van der Waals surface area contributed by atoms with E-state index in [2.05, 4.69) is 107 Å². The molecule has 4 aromatic rings. The first-order valence-corrected chi connectivity index (χ1v) is 13.7. The van der Waals surface area contributed by atoms with Crippen molar-refractivity contribution in [1.82, 2.24) is 0 Å². The van der Waals surface area contributed by atoms with Crippen molar-refractivity contribution >= 4 is 23.5 Å². The molecule has 4 nitrogen and oxygen atoms in total. The normalized spacial score (nSPS) is 10.9. The van der Waals surface area contributed by atoms with Gasteiger partial charge in [-0.3, -0.25) is 0 Å². The van der Waals surface area contributed by atoms with Gasteiger partial charge in [0.25, 0.3) is 0 Å². The molecule has 0 fully saturated rings. The minimum absolute atomic E-state index is 0. The van der Waals surface area contributed by atoms with Crippen LogP contribution >= 0.6 is 0 Å². The van der Waals surface area contributed by atoms with Gasteiger partial charge in [0.2, 0.25) is 11.4 Å². The van der Waals surface area contributed by atoms with Crippen LogP contribution in [0.1, 0.15) is 31.5 Å². The van der Waals surface area contributed by atoms with E-state index < -0.39 is 0 Å². The molecule has 0 unspecified atom stereocenters. The standard InChI is InChI=1S/C35H38FN4.HI/c1-26(2)25-40-34(18-9-27-7-16-32(17-8-27)38(3)4)23-30(24-35(40)29-10-14-31(36)15-11-29)28-12-19-33(20-13-28)39(5)22-6-21-37;/h7-20,23-24,26H,6,22,25H2,1-5H3;1H/q+1;/p-1. The Bertz CT molecular complexity index is 1490. The summed E-state index contributed by atoms with van der Waals surface area (Å²) in [6.07, 6.45) is 4.81. The molecular formula is C35H38FIN4. The molecule has 0 spiro atoms. The zero-order valence-electron chi connectivity index (χ0n) is 24.5. The number of aromatic nitrogens is 1. The van der Waals surface area contributed by atoms with Gasteiger partial charge in [-0.1, -0.05) is 38.1 Å². The van der Waals surface area contributed by atoms with Crippen molar-refractivity contribution in [1.29, 1.82) is 5.26 Å². The summed E-state index contributed by atoms with van der Waals surface area (Å²) in [7, 11) is 6.09. The van der Waals surface area contributed by atoms with Crippen molar-refractivity contribution in [3.8, 4) is 28.5 Å². The molecule has 0 saturated carbocycles. The molecule has 0 aliphatic rings. The van der Waals surface area contributed by atoms with Crippen LogP contribution in [0.15, 0.2) is 84.9 Å². The molecule has 1 aromatic heterocycles. The molecule has 0 saturated heterocycles. The van der Waals surface area contributed by atoms with Crippen molar-refractivity contribution in [2.75, 3.05) is 37.5 Å². The number of nitrogens with zero attached hydrogens (tertiary/aromatic N) is 4. The van der Waals surface area contributed by atoms with Crippen LogP contribution in [-0.2, 0) is 6.54 Å². The second kappa shape index (κ2) is 14.8. The molecule has 0 bridgehead atoms. The lowest BCUT2D eigenvalue weighted by molar-refractivity contribution is -0.693. The van der Waals surface area contributed by atoms with Crippen LogP contribution in [0.25, 0.3) is 34.5 Å². The van der Waals surface area contributed by atoms with Crippen LogP contribution in [0.3, 0.4) is 0 Å². The maximum atomic E-state index is 13.9. The molecule has 0 radical (unpaired) electrons. The van der Waals surface area contributed by atoms with Crippen molar-refractivity contribution in [2.45, 2.75) is 26.8 Å². The number of benzene rings is 3. The number of nitriles is 1. The highest BCUT2D eigenvalue weighted by Crippen LogP contribution is 2.28. The minimum Gasteiger partial charge on any atom is -1.00 e. The van der Waals surface area contributed by atoms with Gasteiger partial charge in [-0.25, -0.2) is 4.39 Å². The first-order valence-electron chi connectivity index (χ1n) is 13.7. The minimum atomic E-state index is -0.243. The molecule has 4 rings (SSSR count). The predicted octanol–water partition coefficient (Wildman–Crippen LogP) is 4.69.